The van der Waals surface area contributed by atoms with Gasteiger partial charge in [-0.05, 0) is 36.8 Å². The largest absolute Gasteiger partial charge is 0.294 e. The first-order valence-electron chi connectivity index (χ1n) is 9.05. The highest BCUT2D eigenvalue weighted by Crippen LogP contribution is 2.55. The van der Waals surface area contributed by atoms with Gasteiger partial charge in [-0.2, -0.15) is 0 Å². The fourth-order valence-electron chi connectivity index (χ4n) is 3.74. The predicted octanol–water partition coefficient (Wildman–Crippen LogP) is 5.09. The molecule has 1 fully saturated rings. The SMILES string of the molecule is Cc1ccc(C(=O)[C@H]2[C@@H](c3ccc(Cl)cc3)[C@@H]2S(=O)(=O)c2ccccc2)cc1. The number of halogens is 1. The van der Waals surface area contributed by atoms with Crippen molar-refractivity contribution in [1.82, 2.24) is 0 Å². The lowest BCUT2D eigenvalue weighted by atomic mass is 10.0. The molecule has 142 valence electrons. The molecule has 5 heteroatoms. The van der Waals surface area contributed by atoms with Crippen molar-refractivity contribution in [2.75, 3.05) is 0 Å². The van der Waals surface area contributed by atoms with Gasteiger partial charge >= 0.3 is 0 Å². The van der Waals surface area contributed by atoms with Crippen LogP contribution in [0.1, 0.15) is 27.4 Å². The number of ketones is 1. The number of rotatable bonds is 5. The van der Waals surface area contributed by atoms with E-state index in [-0.39, 0.29) is 16.6 Å². The van der Waals surface area contributed by atoms with Crippen LogP contribution in [0.3, 0.4) is 0 Å². The molecule has 0 heterocycles. The summed E-state index contributed by atoms with van der Waals surface area (Å²) in [7, 11) is -3.64. The number of hydrogen-bond donors (Lipinski definition) is 0. The number of sulfone groups is 1. The van der Waals surface area contributed by atoms with Crippen LogP contribution in [0.4, 0.5) is 0 Å². The normalized spacial score (nSPS) is 21.3. The van der Waals surface area contributed by atoms with Crippen LogP contribution < -0.4 is 0 Å². The minimum Gasteiger partial charge on any atom is -0.294 e. The van der Waals surface area contributed by atoms with Crippen LogP contribution in [0.15, 0.2) is 83.8 Å². The van der Waals surface area contributed by atoms with E-state index in [0.29, 0.717) is 10.6 Å². The van der Waals surface area contributed by atoms with Gasteiger partial charge in [0.1, 0.15) is 0 Å². The Bertz CT molecular complexity index is 1100. The van der Waals surface area contributed by atoms with Crippen molar-refractivity contribution in [2.45, 2.75) is 23.0 Å². The zero-order chi connectivity index (χ0) is 19.9. The van der Waals surface area contributed by atoms with E-state index in [1.165, 1.54) is 0 Å². The maximum absolute atomic E-state index is 13.3. The van der Waals surface area contributed by atoms with Gasteiger partial charge in [-0.25, -0.2) is 8.42 Å². The van der Waals surface area contributed by atoms with Gasteiger partial charge < -0.3 is 0 Å². The fourth-order valence-corrected chi connectivity index (χ4v) is 6.02. The molecule has 0 saturated heterocycles. The summed E-state index contributed by atoms with van der Waals surface area (Å²) in [6.07, 6.45) is 0. The number of hydrogen-bond acceptors (Lipinski definition) is 3. The average molecular weight is 411 g/mol. The summed E-state index contributed by atoms with van der Waals surface area (Å²) in [5.41, 5.74) is 2.41. The standard InChI is InChI=1S/C23H19ClO3S/c1-15-7-9-17(10-8-15)22(25)21-20(16-11-13-18(24)14-12-16)23(21)28(26,27)19-5-3-2-4-6-19/h2-14,20-21,23H,1H3/t20-,21-,23+/m1/s1. The third-order valence-corrected chi connectivity index (χ3v) is 7.76. The van der Waals surface area contributed by atoms with Crippen molar-refractivity contribution in [3.8, 4) is 0 Å². The minimum atomic E-state index is -3.64. The Kier molecular flexibility index (Phi) is 4.86. The number of carbonyl (C=O) groups is 1. The van der Waals surface area contributed by atoms with Crippen LogP contribution in [0, 0.1) is 12.8 Å². The summed E-state index contributed by atoms with van der Waals surface area (Å²) in [5.74, 6) is -1.12. The molecule has 0 N–H and O–H groups in total. The van der Waals surface area contributed by atoms with Gasteiger partial charge in [-0.15, -0.1) is 0 Å². The first kappa shape index (κ1) is 18.9. The highest BCUT2D eigenvalue weighted by molar-refractivity contribution is 7.92. The molecule has 28 heavy (non-hydrogen) atoms. The van der Waals surface area contributed by atoms with Crippen LogP contribution >= 0.6 is 11.6 Å². The lowest BCUT2D eigenvalue weighted by Gasteiger charge is -2.04. The zero-order valence-corrected chi connectivity index (χ0v) is 16.8. The zero-order valence-electron chi connectivity index (χ0n) is 15.2. The molecule has 0 spiro atoms. The van der Waals surface area contributed by atoms with Crippen LogP contribution in [-0.2, 0) is 9.84 Å². The molecule has 0 aliphatic heterocycles. The molecule has 0 bridgehead atoms. The third-order valence-electron chi connectivity index (χ3n) is 5.28. The van der Waals surface area contributed by atoms with E-state index in [2.05, 4.69) is 0 Å². The monoisotopic (exact) mass is 410 g/mol. The van der Waals surface area contributed by atoms with Gasteiger partial charge in [-0.3, -0.25) is 4.79 Å². The Balaban J connectivity index is 1.74. The van der Waals surface area contributed by atoms with Crippen LogP contribution in [0.5, 0.6) is 0 Å². The summed E-state index contributed by atoms with van der Waals surface area (Å²) < 4.78 is 26.5. The quantitative estimate of drug-likeness (QED) is 0.550. The minimum absolute atomic E-state index is 0.135. The first-order chi connectivity index (χ1) is 13.4. The molecule has 1 aliphatic carbocycles. The summed E-state index contributed by atoms with van der Waals surface area (Å²) in [6.45, 7) is 1.95. The molecule has 0 amide bonds. The first-order valence-corrected chi connectivity index (χ1v) is 11.0. The van der Waals surface area contributed by atoms with Crippen molar-refractivity contribution in [1.29, 1.82) is 0 Å². The van der Waals surface area contributed by atoms with E-state index >= 15 is 0 Å². The molecule has 3 aromatic carbocycles. The Hall–Kier alpha value is -2.43. The molecular weight excluding hydrogens is 392 g/mol. The number of carbonyl (C=O) groups excluding carboxylic acids is 1. The molecule has 4 rings (SSSR count). The third kappa shape index (κ3) is 3.38. The molecule has 0 radical (unpaired) electrons. The van der Waals surface area contributed by atoms with E-state index in [1.807, 2.05) is 31.2 Å². The van der Waals surface area contributed by atoms with E-state index in [1.54, 1.807) is 54.6 Å². The van der Waals surface area contributed by atoms with Crippen molar-refractivity contribution in [3.05, 3.63) is 101 Å². The summed E-state index contributed by atoms with van der Waals surface area (Å²) in [4.78, 5) is 13.4. The van der Waals surface area contributed by atoms with Gasteiger partial charge in [0.15, 0.2) is 15.6 Å². The van der Waals surface area contributed by atoms with E-state index in [4.69, 9.17) is 11.6 Å². The molecule has 3 atom stereocenters. The summed E-state index contributed by atoms with van der Waals surface area (Å²) >= 11 is 5.98. The van der Waals surface area contributed by atoms with Crippen molar-refractivity contribution in [2.24, 2.45) is 5.92 Å². The van der Waals surface area contributed by atoms with E-state index in [0.717, 1.165) is 11.1 Å². The van der Waals surface area contributed by atoms with Crippen molar-refractivity contribution >= 4 is 27.2 Å². The Labute approximate surface area is 169 Å². The van der Waals surface area contributed by atoms with Gasteiger partial charge in [0.2, 0.25) is 0 Å². The van der Waals surface area contributed by atoms with Gasteiger partial charge in [0, 0.05) is 22.4 Å². The topological polar surface area (TPSA) is 51.2 Å². The highest BCUT2D eigenvalue weighted by atomic mass is 35.5. The number of benzene rings is 3. The molecular formula is C23H19ClO3S. The van der Waals surface area contributed by atoms with E-state index in [9.17, 15) is 13.2 Å². The van der Waals surface area contributed by atoms with Crippen molar-refractivity contribution < 1.29 is 13.2 Å². The smallest absolute Gasteiger partial charge is 0.182 e. The predicted molar refractivity (Wildman–Crippen MR) is 111 cm³/mol. The Morgan fingerprint density at radius 2 is 1.46 bits per heavy atom. The average Bonchev–Trinajstić information content (AvgIpc) is 3.46. The number of aryl methyl sites for hydroxylation is 1. The maximum atomic E-state index is 13.3. The highest BCUT2D eigenvalue weighted by Gasteiger charge is 2.62. The maximum Gasteiger partial charge on any atom is 0.182 e. The van der Waals surface area contributed by atoms with Gasteiger partial charge in [-0.1, -0.05) is 71.8 Å². The van der Waals surface area contributed by atoms with Gasteiger partial charge in [0.05, 0.1) is 10.1 Å². The summed E-state index contributed by atoms with van der Waals surface area (Å²) in [6, 6.07) is 22.7. The molecule has 3 nitrogen and oxygen atoms in total. The molecule has 1 saturated carbocycles. The second-order valence-electron chi connectivity index (χ2n) is 7.16. The molecule has 0 aromatic heterocycles. The number of Topliss-reactive ketones (excluding diaryl/α,β-unsaturated/α-hetero) is 1. The van der Waals surface area contributed by atoms with Crippen LogP contribution in [0.2, 0.25) is 5.02 Å². The van der Waals surface area contributed by atoms with Gasteiger partial charge in [0.25, 0.3) is 0 Å². The molecule has 0 unspecified atom stereocenters. The molecule has 1 aliphatic rings. The molecule has 3 aromatic rings. The van der Waals surface area contributed by atoms with Crippen LogP contribution in [0.25, 0.3) is 0 Å². The van der Waals surface area contributed by atoms with E-state index < -0.39 is 21.0 Å². The van der Waals surface area contributed by atoms with Crippen molar-refractivity contribution in [3.63, 3.8) is 0 Å². The Morgan fingerprint density at radius 1 is 0.857 bits per heavy atom. The summed E-state index contributed by atoms with van der Waals surface area (Å²) in [5, 5.41) is -0.196. The Morgan fingerprint density at radius 3 is 2.07 bits per heavy atom. The second-order valence-corrected chi connectivity index (χ2v) is 9.70. The lowest BCUT2D eigenvalue weighted by Crippen LogP contribution is -2.14. The second kappa shape index (κ2) is 7.19. The lowest BCUT2D eigenvalue weighted by molar-refractivity contribution is 0.0965. The fraction of sp³-hybridized carbons (Fsp3) is 0.174. The van der Waals surface area contributed by atoms with Crippen LogP contribution in [-0.4, -0.2) is 19.5 Å².